The quantitative estimate of drug-likeness (QED) is 0.224. The summed E-state index contributed by atoms with van der Waals surface area (Å²) >= 11 is 0.424. The Balaban J connectivity index is 3.25. The Labute approximate surface area is 44.4 Å². The highest BCUT2D eigenvalue weighted by atomic mass is 32.2. The fourth-order valence-corrected chi connectivity index (χ4v) is 0.191. The lowest BCUT2D eigenvalue weighted by Crippen LogP contribution is -2.21. The minimum absolute atomic E-state index is 0.149. The summed E-state index contributed by atoms with van der Waals surface area (Å²) < 4.78 is 5.45. The van der Waals surface area contributed by atoms with Gasteiger partial charge in [-0.15, -0.1) is 4.91 Å². The smallest absolute Gasteiger partial charge is 0.199 e. The van der Waals surface area contributed by atoms with E-state index in [1.807, 2.05) is 0 Å². The Hall–Kier alpha value is -0.780. The first-order valence-corrected chi connectivity index (χ1v) is 2.08. The number of rotatable bonds is 2. The van der Waals surface area contributed by atoms with Crippen molar-refractivity contribution in [3.63, 3.8) is 0 Å². The molecule has 0 aliphatic rings. The van der Waals surface area contributed by atoms with Crippen molar-refractivity contribution in [2.45, 2.75) is 0 Å². The van der Waals surface area contributed by atoms with Crippen LogP contribution in [0.1, 0.15) is 0 Å². The monoisotopic (exact) mass is 120 g/mol. The predicted octanol–water partition coefficient (Wildman–Crippen LogP) is -0.411. The minimum Gasteiger partial charge on any atom is -0.369 e. The molecule has 0 heterocycles. The molecule has 0 aromatic heterocycles. The Bertz CT molecular complexity index is 85.7. The molecule has 0 aromatic rings. The first kappa shape index (κ1) is 6.22. The van der Waals surface area contributed by atoms with Crippen LogP contribution in [0.3, 0.4) is 0 Å². The van der Waals surface area contributed by atoms with E-state index in [9.17, 15) is 4.91 Å². The number of nitrogens with two attached hydrogens (primary N) is 2. The van der Waals surface area contributed by atoms with Gasteiger partial charge in [0.1, 0.15) is 0 Å². The lowest BCUT2D eigenvalue weighted by molar-refractivity contribution is 1.53. The van der Waals surface area contributed by atoms with Crippen LogP contribution in [0.4, 0.5) is 0 Å². The van der Waals surface area contributed by atoms with E-state index in [1.165, 1.54) is 0 Å². The van der Waals surface area contributed by atoms with E-state index in [0.29, 0.717) is 12.1 Å². The van der Waals surface area contributed by atoms with Crippen molar-refractivity contribution in [3.8, 4) is 0 Å². The Morgan fingerprint density at radius 1 is 1.57 bits per heavy atom. The topological polar surface area (TPSA) is 93.8 Å². The van der Waals surface area contributed by atoms with E-state index >= 15 is 0 Å². The van der Waals surface area contributed by atoms with Crippen LogP contribution in [-0.2, 0) is 0 Å². The number of guanidine groups is 1. The average molecular weight is 120 g/mol. The van der Waals surface area contributed by atoms with Gasteiger partial charge in [-0.3, -0.25) is 0 Å². The number of nitrogens with zero attached hydrogens (tertiary/aromatic N) is 2. The SMILES string of the molecule is NC(N)=NSN=O. The van der Waals surface area contributed by atoms with Gasteiger partial charge in [0.05, 0.1) is 0 Å². The number of hydrogen-bond acceptors (Lipinski definition) is 4. The van der Waals surface area contributed by atoms with Crippen molar-refractivity contribution in [3.05, 3.63) is 4.91 Å². The molecule has 0 unspecified atom stereocenters. The first-order valence-electron chi connectivity index (χ1n) is 1.35. The van der Waals surface area contributed by atoms with Crippen LogP contribution in [0, 0.1) is 4.91 Å². The van der Waals surface area contributed by atoms with E-state index in [1.54, 1.807) is 0 Å². The summed E-state index contributed by atoms with van der Waals surface area (Å²) in [5.74, 6) is -0.149. The van der Waals surface area contributed by atoms with E-state index in [2.05, 4.69) is 8.98 Å². The normalized spacial score (nSPS) is 7.43. The van der Waals surface area contributed by atoms with Gasteiger partial charge in [-0.05, 0) is 0 Å². The molecule has 4 N–H and O–H groups in total. The Morgan fingerprint density at radius 3 is 2.29 bits per heavy atom. The first-order chi connectivity index (χ1) is 3.27. The van der Waals surface area contributed by atoms with Crippen LogP contribution in [0.15, 0.2) is 8.98 Å². The highest BCUT2D eigenvalue weighted by Gasteiger charge is 1.76. The minimum atomic E-state index is -0.149. The summed E-state index contributed by atoms with van der Waals surface area (Å²) in [5, 5.41) is 0. The van der Waals surface area contributed by atoms with Crippen molar-refractivity contribution in [2.24, 2.45) is 20.4 Å². The zero-order chi connectivity index (χ0) is 5.70. The highest BCUT2D eigenvalue weighted by molar-refractivity contribution is 7.96. The lowest BCUT2D eigenvalue weighted by atomic mass is 11.1. The third-order valence-corrected chi connectivity index (χ3v) is 0.539. The summed E-state index contributed by atoms with van der Waals surface area (Å²) in [6, 6.07) is 0. The van der Waals surface area contributed by atoms with E-state index in [-0.39, 0.29) is 5.96 Å². The zero-order valence-electron chi connectivity index (χ0n) is 3.37. The molecular weight excluding hydrogens is 116 g/mol. The highest BCUT2D eigenvalue weighted by Crippen LogP contribution is 1.98. The third-order valence-electron chi connectivity index (χ3n) is 0.180. The second kappa shape index (κ2) is 3.41. The fraction of sp³-hybridized carbons (Fsp3) is 0. The average Bonchev–Trinajstić information content (AvgIpc) is 1.61. The standard InChI is InChI=1S/CH4N4OS/c2-1(3)4-7-5-6/h(H4,2,3,4). The molecule has 7 heavy (non-hydrogen) atoms. The van der Waals surface area contributed by atoms with Crippen LogP contribution in [0.5, 0.6) is 0 Å². The summed E-state index contributed by atoms with van der Waals surface area (Å²) in [4.78, 5) is 9.20. The van der Waals surface area contributed by atoms with Gasteiger partial charge in [-0.2, -0.15) is 4.40 Å². The van der Waals surface area contributed by atoms with Gasteiger partial charge in [-0.1, -0.05) is 0 Å². The predicted molar refractivity (Wildman–Crippen MR) is 29.2 cm³/mol. The molecule has 0 saturated carbocycles. The molecule has 0 aliphatic carbocycles. The van der Waals surface area contributed by atoms with Crippen LogP contribution in [0.2, 0.25) is 0 Å². The van der Waals surface area contributed by atoms with Crippen LogP contribution >= 0.6 is 12.1 Å². The lowest BCUT2D eigenvalue weighted by Gasteiger charge is -1.79. The molecule has 0 radical (unpaired) electrons. The van der Waals surface area contributed by atoms with Crippen molar-refractivity contribution in [2.75, 3.05) is 0 Å². The zero-order valence-corrected chi connectivity index (χ0v) is 4.18. The second-order valence-corrected chi connectivity index (χ2v) is 1.17. The number of hydrogen-bond donors (Lipinski definition) is 2. The van der Waals surface area contributed by atoms with E-state index in [0.717, 1.165) is 0 Å². The van der Waals surface area contributed by atoms with Gasteiger partial charge in [0, 0.05) is 4.58 Å². The molecule has 0 fully saturated rings. The molecule has 0 spiro atoms. The molecule has 0 bridgehead atoms. The molecule has 0 atom stereocenters. The van der Waals surface area contributed by atoms with Gasteiger partial charge in [0.2, 0.25) is 0 Å². The molecule has 0 amide bonds. The molecule has 6 heteroatoms. The molecule has 0 rings (SSSR count). The van der Waals surface area contributed by atoms with Crippen molar-refractivity contribution in [1.82, 2.24) is 0 Å². The maximum absolute atomic E-state index is 9.20. The Morgan fingerprint density at radius 2 is 2.14 bits per heavy atom. The number of nitroso groups, excluding NO2 is 1. The van der Waals surface area contributed by atoms with Crippen molar-refractivity contribution < 1.29 is 0 Å². The molecule has 0 aliphatic heterocycles. The molecule has 5 nitrogen and oxygen atoms in total. The summed E-state index contributed by atoms with van der Waals surface area (Å²) in [6.45, 7) is 0. The van der Waals surface area contributed by atoms with Gasteiger partial charge < -0.3 is 11.5 Å². The van der Waals surface area contributed by atoms with Crippen molar-refractivity contribution in [1.29, 1.82) is 0 Å². The maximum Gasteiger partial charge on any atom is 0.199 e. The van der Waals surface area contributed by atoms with Gasteiger partial charge in [0.15, 0.2) is 18.1 Å². The molecule has 0 aromatic carbocycles. The molecule has 0 saturated heterocycles. The molecular formula is CH4N4OS. The third kappa shape index (κ3) is 5.22. The van der Waals surface area contributed by atoms with Crippen LogP contribution < -0.4 is 11.5 Å². The Kier molecular flexibility index (Phi) is 3.03. The van der Waals surface area contributed by atoms with Crippen molar-refractivity contribution >= 4 is 18.1 Å². The van der Waals surface area contributed by atoms with E-state index in [4.69, 9.17) is 11.5 Å². The summed E-state index contributed by atoms with van der Waals surface area (Å²) in [5.41, 5.74) is 9.57. The maximum atomic E-state index is 9.20. The van der Waals surface area contributed by atoms with Crippen LogP contribution in [-0.4, -0.2) is 5.96 Å². The van der Waals surface area contributed by atoms with Gasteiger partial charge in [0.25, 0.3) is 0 Å². The second-order valence-electron chi connectivity index (χ2n) is 0.672. The fourth-order valence-electron chi connectivity index (χ4n) is 0.0638. The van der Waals surface area contributed by atoms with E-state index < -0.39 is 0 Å². The molecule has 40 valence electrons. The summed E-state index contributed by atoms with van der Waals surface area (Å²) in [6.07, 6.45) is 0. The summed E-state index contributed by atoms with van der Waals surface area (Å²) in [7, 11) is 0. The largest absolute Gasteiger partial charge is 0.369 e. The van der Waals surface area contributed by atoms with Gasteiger partial charge in [-0.25, -0.2) is 0 Å². The van der Waals surface area contributed by atoms with Gasteiger partial charge >= 0.3 is 0 Å². The van der Waals surface area contributed by atoms with Crippen LogP contribution in [0.25, 0.3) is 0 Å².